The number of nitrogens with zero attached hydrogens (tertiary/aromatic N) is 2. The highest BCUT2D eigenvalue weighted by atomic mass is 79.9. The summed E-state index contributed by atoms with van der Waals surface area (Å²) in [5, 5.41) is 8.92. The Balaban J connectivity index is 2.39. The molecule has 2 nitrogen and oxygen atoms in total. The van der Waals surface area contributed by atoms with Crippen LogP contribution in [0.3, 0.4) is 0 Å². The number of hydrogen-bond donors (Lipinski definition) is 0. The van der Waals surface area contributed by atoms with Gasteiger partial charge in [0.1, 0.15) is 6.07 Å². The zero-order valence-corrected chi connectivity index (χ0v) is 12.2. The third-order valence-electron chi connectivity index (χ3n) is 2.33. The Hall–Kier alpha value is -1.52. The van der Waals surface area contributed by atoms with Gasteiger partial charge in [-0.1, -0.05) is 27.7 Å². The van der Waals surface area contributed by atoms with Crippen molar-refractivity contribution in [2.45, 2.75) is 16.0 Å². The zero-order chi connectivity index (χ0) is 14.8. The molecule has 1 aromatic carbocycles. The maximum Gasteiger partial charge on any atom is 0.417 e. The lowest BCUT2D eigenvalue weighted by molar-refractivity contribution is -0.138. The average molecular weight is 359 g/mol. The number of hydrogen-bond acceptors (Lipinski definition) is 3. The quantitative estimate of drug-likeness (QED) is 0.767. The Morgan fingerprint density at radius 3 is 2.40 bits per heavy atom. The topological polar surface area (TPSA) is 36.7 Å². The Morgan fingerprint density at radius 2 is 1.85 bits per heavy atom. The molecule has 0 radical (unpaired) electrons. The SMILES string of the molecule is N#Cc1ncc(C(F)(F)F)cc1Sc1ccc(Br)cc1. The first-order valence-electron chi connectivity index (χ1n) is 5.31. The van der Waals surface area contributed by atoms with Gasteiger partial charge >= 0.3 is 6.18 Å². The van der Waals surface area contributed by atoms with E-state index in [0.29, 0.717) is 6.20 Å². The molecule has 0 aliphatic carbocycles. The summed E-state index contributed by atoms with van der Waals surface area (Å²) in [4.78, 5) is 4.48. The van der Waals surface area contributed by atoms with Crippen LogP contribution in [-0.2, 0) is 6.18 Å². The minimum absolute atomic E-state index is 0.0223. The summed E-state index contributed by atoms with van der Waals surface area (Å²) in [6.07, 6.45) is -3.81. The number of benzene rings is 1. The molecule has 0 atom stereocenters. The molecule has 0 aliphatic rings. The number of nitriles is 1. The van der Waals surface area contributed by atoms with Crippen LogP contribution in [0.1, 0.15) is 11.3 Å². The first-order valence-corrected chi connectivity index (χ1v) is 6.92. The van der Waals surface area contributed by atoms with Gasteiger partial charge in [-0.3, -0.25) is 0 Å². The predicted molar refractivity (Wildman–Crippen MR) is 72.2 cm³/mol. The van der Waals surface area contributed by atoms with Crippen molar-refractivity contribution in [2.75, 3.05) is 0 Å². The van der Waals surface area contributed by atoms with Crippen molar-refractivity contribution in [1.82, 2.24) is 4.98 Å². The van der Waals surface area contributed by atoms with Crippen molar-refractivity contribution in [3.05, 3.63) is 52.3 Å². The number of halogens is 4. The summed E-state index contributed by atoms with van der Waals surface area (Å²) in [6, 6.07) is 9.78. The zero-order valence-electron chi connectivity index (χ0n) is 9.78. The van der Waals surface area contributed by atoms with Crippen molar-refractivity contribution in [2.24, 2.45) is 0 Å². The lowest BCUT2D eigenvalue weighted by Crippen LogP contribution is -2.06. The van der Waals surface area contributed by atoms with Crippen molar-refractivity contribution < 1.29 is 13.2 Å². The van der Waals surface area contributed by atoms with Crippen molar-refractivity contribution >= 4 is 27.7 Å². The van der Waals surface area contributed by atoms with Crippen LogP contribution in [0, 0.1) is 11.3 Å². The molecule has 0 unspecified atom stereocenters. The van der Waals surface area contributed by atoms with Crippen LogP contribution in [-0.4, -0.2) is 4.98 Å². The van der Waals surface area contributed by atoms with Gasteiger partial charge in [-0.2, -0.15) is 18.4 Å². The van der Waals surface area contributed by atoms with E-state index in [0.717, 1.165) is 27.2 Å². The predicted octanol–water partition coefficient (Wildman–Crippen LogP) is 4.89. The number of rotatable bonds is 2. The average Bonchev–Trinajstić information content (AvgIpc) is 2.40. The van der Waals surface area contributed by atoms with Crippen LogP contribution < -0.4 is 0 Å². The van der Waals surface area contributed by atoms with Gasteiger partial charge < -0.3 is 0 Å². The van der Waals surface area contributed by atoms with E-state index in [-0.39, 0.29) is 10.6 Å². The molecule has 102 valence electrons. The van der Waals surface area contributed by atoms with E-state index >= 15 is 0 Å². The lowest BCUT2D eigenvalue weighted by atomic mass is 10.2. The molecule has 2 rings (SSSR count). The number of aromatic nitrogens is 1. The fraction of sp³-hybridized carbons (Fsp3) is 0.0769. The fourth-order valence-corrected chi connectivity index (χ4v) is 2.56. The molecule has 0 saturated carbocycles. The standard InChI is InChI=1S/C13H6BrF3N2S/c14-9-1-3-10(4-2-9)20-12-5-8(13(15,16)17)7-19-11(12)6-18/h1-5,7H. The second-order valence-corrected chi connectivity index (χ2v) is 5.77. The largest absolute Gasteiger partial charge is 0.417 e. The van der Waals surface area contributed by atoms with Crippen molar-refractivity contribution in [1.29, 1.82) is 5.26 Å². The molecule has 2 aromatic rings. The van der Waals surface area contributed by atoms with Crippen molar-refractivity contribution in [3.8, 4) is 6.07 Å². The van der Waals surface area contributed by atoms with Gasteiger partial charge in [0.05, 0.1) is 5.56 Å². The van der Waals surface area contributed by atoms with Crippen LogP contribution in [0.25, 0.3) is 0 Å². The summed E-state index contributed by atoms with van der Waals surface area (Å²) in [6.45, 7) is 0. The number of pyridine rings is 1. The smallest absolute Gasteiger partial charge is 0.244 e. The van der Waals surface area contributed by atoms with Gasteiger partial charge in [0.25, 0.3) is 0 Å². The van der Waals surface area contributed by atoms with Gasteiger partial charge in [-0.05, 0) is 30.3 Å². The first kappa shape index (κ1) is 14.9. The van der Waals surface area contributed by atoms with Gasteiger partial charge in [0.15, 0.2) is 5.69 Å². The monoisotopic (exact) mass is 358 g/mol. The van der Waals surface area contributed by atoms with Crippen LogP contribution in [0.5, 0.6) is 0 Å². The molecule has 0 fully saturated rings. The van der Waals surface area contributed by atoms with Crippen LogP contribution in [0.2, 0.25) is 0 Å². The minimum atomic E-state index is -4.48. The van der Waals surface area contributed by atoms with Gasteiger partial charge in [0, 0.05) is 20.5 Å². The highest BCUT2D eigenvalue weighted by molar-refractivity contribution is 9.10. The molecule has 20 heavy (non-hydrogen) atoms. The Morgan fingerprint density at radius 1 is 1.20 bits per heavy atom. The molecule has 0 amide bonds. The normalized spacial score (nSPS) is 11.2. The first-order chi connectivity index (χ1) is 9.40. The molecule has 0 saturated heterocycles. The molecular weight excluding hydrogens is 353 g/mol. The van der Waals surface area contributed by atoms with E-state index in [4.69, 9.17) is 5.26 Å². The summed E-state index contributed by atoms with van der Waals surface area (Å²) < 4.78 is 38.8. The van der Waals surface area contributed by atoms with E-state index in [9.17, 15) is 13.2 Å². The summed E-state index contributed by atoms with van der Waals surface area (Å²) in [7, 11) is 0. The van der Waals surface area contributed by atoms with Crippen molar-refractivity contribution in [3.63, 3.8) is 0 Å². The van der Waals surface area contributed by atoms with Gasteiger partial charge in [-0.25, -0.2) is 4.98 Å². The maximum atomic E-state index is 12.7. The Bertz CT molecular complexity index is 663. The molecule has 0 aliphatic heterocycles. The third-order valence-corrected chi connectivity index (χ3v) is 3.90. The molecular formula is C13H6BrF3N2S. The molecule has 0 spiro atoms. The van der Waals surface area contributed by atoms with Crippen LogP contribution >= 0.6 is 27.7 Å². The maximum absolute atomic E-state index is 12.7. The highest BCUT2D eigenvalue weighted by Gasteiger charge is 2.31. The second-order valence-electron chi connectivity index (χ2n) is 3.74. The minimum Gasteiger partial charge on any atom is -0.244 e. The van der Waals surface area contributed by atoms with Gasteiger partial charge in [-0.15, -0.1) is 0 Å². The van der Waals surface area contributed by atoms with E-state index in [1.807, 2.05) is 0 Å². The summed E-state index contributed by atoms with van der Waals surface area (Å²) >= 11 is 4.35. The van der Waals surface area contributed by atoms with Crippen LogP contribution in [0.4, 0.5) is 13.2 Å². The Kier molecular flexibility index (Phi) is 4.35. The second kappa shape index (κ2) is 5.85. The summed E-state index contributed by atoms with van der Waals surface area (Å²) in [5.74, 6) is 0. The number of alkyl halides is 3. The van der Waals surface area contributed by atoms with E-state index in [1.54, 1.807) is 30.3 Å². The fourth-order valence-electron chi connectivity index (χ4n) is 1.39. The molecule has 1 heterocycles. The molecule has 0 N–H and O–H groups in total. The Labute approximate surface area is 125 Å². The van der Waals surface area contributed by atoms with E-state index < -0.39 is 11.7 Å². The summed E-state index contributed by atoms with van der Waals surface area (Å²) in [5.41, 5.74) is -0.887. The molecule has 7 heteroatoms. The third kappa shape index (κ3) is 3.52. The van der Waals surface area contributed by atoms with E-state index in [1.165, 1.54) is 0 Å². The molecule has 1 aromatic heterocycles. The van der Waals surface area contributed by atoms with Gasteiger partial charge in [0.2, 0.25) is 0 Å². The highest BCUT2D eigenvalue weighted by Crippen LogP contribution is 2.35. The lowest BCUT2D eigenvalue weighted by Gasteiger charge is -2.09. The van der Waals surface area contributed by atoms with Crippen LogP contribution in [0.15, 0.2) is 50.8 Å². The molecule has 0 bridgehead atoms. The van der Waals surface area contributed by atoms with E-state index in [2.05, 4.69) is 20.9 Å².